The van der Waals surface area contributed by atoms with Crippen LogP contribution >= 0.6 is 0 Å². The molecule has 0 fully saturated rings. The van der Waals surface area contributed by atoms with Gasteiger partial charge in [-0.2, -0.15) is 0 Å². The van der Waals surface area contributed by atoms with E-state index >= 15 is 0 Å². The van der Waals surface area contributed by atoms with Crippen molar-refractivity contribution in [1.82, 2.24) is 0 Å². The molecular weight excluding hydrogens is 348 g/mol. The van der Waals surface area contributed by atoms with E-state index in [4.69, 9.17) is 18.9 Å². The van der Waals surface area contributed by atoms with Gasteiger partial charge in [-0.1, -0.05) is 0 Å². The van der Waals surface area contributed by atoms with E-state index in [1.807, 2.05) is 0 Å². The fourth-order valence-corrected chi connectivity index (χ4v) is 2.20. The van der Waals surface area contributed by atoms with Crippen molar-refractivity contribution in [1.29, 1.82) is 0 Å². The molecule has 0 aliphatic heterocycles. The number of hydrogen-bond donors (Lipinski definition) is 1. The molecule has 0 heterocycles. The summed E-state index contributed by atoms with van der Waals surface area (Å²) in [6.07, 6.45) is 0. The molecule has 3 rings (SSSR count). The summed E-state index contributed by atoms with van der Waals surface area (Å²) in [5, 5.41) is 9.24. The Labute approximate surface area is 156 Å². The number of phenols is 1. The van der Waals surface area contributed by atoms with Crippen LogP contribution in [0.5, 0.6) is 28.7 Å². The molecule has 27 heavy (non-hydrogen) atoms. The van der Waals surface area contributed by atoms with Crippen molar-refractivity contribution in [3.05, 3.63) is 78.4 Å². The van der Waals surface area contributed by atoms with Crippen LogP contribution in [0.15, 0.2) is 72.8 Å². The molecule has 6 heteroatoms. The van der Waals surface area contributed by atoms with Crippen LogP contribution in [0, 0.1) is 0 Å². The normalized spacial score (nSPS) is 10.1. The zero-order valence-electron chi connectivity index (χ0n) is 14.6. The molecule has 0 aromatic heterocycles. The summed E-state index contributed by atoms with van der Waals surface area (Å²) in [4.78, 5) is 12.0. The SMILES string of the molecule is COc1ccc(OCOc2ccc(OC(=O)c3ccc(O)cc3)cc2)cc1. The third-order valence-electron chi connectivity index (χ3n) is 3.65. The van der Waals surface area contributed by atoms with Gasteiger partial charge in [-0.15, -0.1) is 0 Å². The van der Waals surface area contributed by atoms with E-state index in [1.165, 1.54) is 24.3 Å². The highest BCUT2D eigenvalue weighted by Crippen LogP contribution is 2.21. The Morgan fingerprint density at radius 3 is 1.74 bits per heavy atom. The van der Waals surface area contributed by atoms with Gasteiger partial charge in [0.15, 0.2) is 0 Å². The Morgan fingerprint density at radius 2 is 1.22 bits per heavy atom. The number of aromatic hydroxyl groups is 1. The van der Waals surface area contributed by atoms with E-state index < -0.39 is 5.97 Å². The molecule has 0 atom stereocenters. The third-order valence-corrected chi connectivity index (χ3v) is 3.65. The van der Waals surface area contributed by atoms with Crippen molar-refractivity contribution in [2.45, 2.75) is 0 Å². The highest BCUT2D eigenvalue weighted by Gasteiger charge is 2.08. The van der Waals surface area contributed by atoms with Crippen molar-refractivity contribution in [2.75, 3.05) is 13.9 Å². The molecule has 1 N–H and O–H groups in total. The summed E-state index contributed by atoms with van der Waals surface area (Å²) < 4.78 is 21.3. The lowest BCUT2D eigenvalue weighted by atomic mass is 10.2. The van der Waals surface area contributed by atoms with Crippen molar-refractivity contribution in [3.63, 3.8) is 0 Å². The predicted molar refractivity (Wildman–Crippen MR) is 98.6 cm³/mol. The standard InChI is InChI=1S/C21H18O6/c1-24-17-6-8-18(9-7-17)25-14-26-19-10-12-20(13-11-19)27-21(23)15-2-4-16(22)5-3-15/h2-13,22H,14H2,1H3. The first-order chi connectivity index (χ1) is 13.1. The van der Waals surface area contributed by atoms with Gasteiger partial charge < -0.3 is 24.1 Å². The topological polar surface area (TPSA) is 74.2 Å². The molecule has 0 saturated carbocycles. The van der Waals surface area contributed by atoms with Crippen LogP contribution in [0.25, 0.3) is 0 Å². The van der Waals surface area contributed by atoms with Crippen LogP contribution in [-0.4, -0.2) is 25.0 Å². The van der Waals surface area contributed by atoms with Gasteiger partial charge in [0.2, 0.25) is 6.79 Å². The Hall–Kier alpha value is -3.67. The van der Waals surface area contributed by atoms with Crippen molar-refractivity contribution in [3.8, 4) is 28.7 Å². The number of methoxy groups -OCH3 is 1. The average molecular weight is 366 g/mol. The van der Waals surface area contributed by atoms with Gasteiger partial charge >= 0.3 is 5.97 Å². The summed E-state index contributed by atoms with van der Waals surface area (Å²) in [6, 6.07) is 19.6. The van der Waals surface area contributed by atoms with E-state index in [9.17, 15) is 9.90 Å². The third kappa shape index (κ3) is 5.15. The lowest BCUT2D eigenvalue weighted by Gasteiger charge is -2.10. The zero-order chi connectivity index (χ0) is 19.1. The first-order valence-corrected chi connectivity index (χ1v) is 8.15. The monoisotopic (exact) mass is 366 g/mol. The van der Waals surface area contributed by atoms with Gasteiger partial charge in [-0.05, 0) is 72.8 Å². The quantitative estimate of drug-likeness (QED) is 0.386. The van der Waals surface area contributed by atoms with Gasteiger partial charge in [0.05, 0.1) is 12.7 Å². The molecule has 3 aromatic rings. The Morgan fingerprint density at radius 1 is 0.741 bits per heavy atom. The molecule has 0 spiro atoms. The number of esters is 1. The lowest BCUT2D eigenvalue weighted by molar-refractivity contribution is 0.0734. The highest BCUT2D eigenvalue weighted by atomic mass is 16.7. The molecule has 0 bridgehead atoms. The summed E-state index contributed by atoms with van der Waals surface area (Å²) >= 11 is 0. The molecule has 0 saturated heterocycles. The number of phenolic OH excluding ortho intramolecular Hbond substituents is 1. The second kappa shape index (κ2) is 8.62. The predicted octanol–water partition coefficient (Wildman–Crippen LogP) is 4.04. The second-order valence-corrected chi connectivity index (χ2v) is 5.49. The van der Waals surface area contributed by atoms with Crippen molar-refractivity contribution in [2.24, 2.45) is 0 Å². The first-order valence-electron chi connectivity index (χ1n) is 8.15. The summed E-state index contributed by atoms with van der Waals surface area (Å²) in [7, 11) is 1.60. The molecule has 0 aliphatic carbocycles. The number of hydrogen-bond acceptors (Lipinski definition) is 6. The average Bonchev–Trinajstić information content (AvgIpc) is 2.70. The van der Waals surface area contributed by atoms with Gasteiger partial charge in [0.1, 0.15) is 28.7 Å². The first kappa shape index (κ1) is 18.1. The van der Waals surface area contributed by atoms with Crippen LogP contribution in [0.4, 0.5) is 0 Å². The highest BCUT2D eigenvalue weighted by molar-refractivity contribution is 5.91. The van der Waals surface area contributed by atoms with E-state index in [0.717, 1.165) is 5.75 Å². The van der Waals surface area contributed by atoms with Crippen LogP contribution in [0.2, 0.25) is 0 Å². The zero-order valence-corrected chi connectivity index (χ0v) is 14.6. The fourth-order valence-electron chi connectivity index (χ4n) is 2.20. The van der Waals surface area contributed by atoms with Crippen LogP contribution in [0.3, 0.4) is 0 Å². The Kier molecular flexibility index (Phi) is 5.79. The van der Waals surface area contributed by atoms with Crippen LogP contribution in [-0.2, 0) is 0 Å². The van der Waals surface area contributed by atoms with E-state index in [2.05, 4.69) is 0 Å². The van der Waals surface area contributed by atoms with Gasteiger partial charge in [-0.25, -0.2) is 4.79 Å². The molecular formula is C21H18O6. The minimum Gasteiger partial charge on any atom is -0.508 e. The minimum absolute atomic E-state index is 0.0406. The summed E-state index contributed by atoms with van der Waals surface area (Å²) in [5.41, 5.74) is 0.348. The Balaban J connectivity index is 1.49. The maximum Gasteiger partial charge on any atom is 0.343 e. The smallest absolute Gasteiger partial charge is 0.343 e. The molecule has 0 radical (unpaired) electrons. The number of benzene rings is 3. The molecule has 0 unspecified atom stereocenters. The lowest BCUT2D eigenvalue weighted by Crippen LogP contribution is -2.08. The van der Waals surface area contributed by atoms with E-state index in [1.54, 1.807) is 55.6 Å². The van der Waals surface area contributed by atoms with Crippen molar-refractivity contribution < 1.29 is 28.8 Å². The molecule has 6 nitrogen and oxygen atoms in total. The van der Waals surface area contributed by atoms with Gasteiger partial charge in [0, 0.05) is 0 Å². The molecule has 3 aromatic carbocycles. The molecule has 0 amide bonds. The maximum atomic E-state index is 12.0. The van der Waals surface area contributed by atoms with E-state index in [0.29, 0.717) is 22.8 Å². The fraction of sp³-hybridized carbons (Fsp3) is 0.0952. The van der Waals surface area contributed by atoms with Crippen LogP contribution in [0.1, 0.15) is 10.4 Å². The maximum absolute atomic E-state index is 12.0. The number of carbonyl (C=O) groups is 1. The summed E-state index contributed by atoms with van der Waals surface area (Å²) in [5.74, 6) is 1.96. The largest absolute Gasteiger partial charge is 0.508 e. The number of ether oxygens (including phenoxy) is 4. The van der Waals surface area contributed by atoms with Crippen LogP contribution < -0.4 is 18.9 Å². The van der Waals surface area contributed by atoms with Gasteiger partial charge in [-0.3, -0.25) is 0 Å². The number of rotatable bonds is 7. The van der Waals surface area contributed by atoms with Crippen molar-refractivity contribution >= 4 is 5.97 Å². The minimum atomic E-state index is -0.508. The number of carbonyl (C=O) groups excluding carboxylic acids is 1. The molecule has 138 valence electrons. The molecule has 0 aliphatic rings. The Bertz CT molecular complexity index is 870. The van der Waals surface area contributed by atoms with E-state index in [-0.39, 0.29) is 12.5 Å². The van der Waals surface area contributed by atoms with Gasteiger partial charge in [0.25, 0.3) is 0 Å². The second-order valence-electron chi connectivity index (χ2n) is 5.49. The summed E-state index contributed by atoms with van der Waals surface area (Å²) in [6.45, 7) is 0.0406.